The molecule has 1 N–H and O–H groups in total. The fourth-order valence-electron chi connectivity index (χ4n) is 2.58. The molecule has 1 aliphatic rings. The fourth-order valence-corrected chi connectivity index (χ4v) is 2.58. The molecule has 1 aliphatic heterocycles. The Kier molecular flexibility index (Phi) is 4.70. The second kappa shape index (κ2) is 6.89. The molecule has 3 rings (SSSR count). The molecule has 0 spiro atoms. The summed E-state index contributed by atoms with van der Waals surface area (Å²) in [5, 5.41) is 2.82. The molecule has 0 saturated carbocycles. The zero-order chi connectivity index (χ0) is 15.4. The Bertz CT molecular complexity index is 647. The lowest BCUT2D eigenvalue weighted by Crippen LogP contribution is -2.28. The summed E-state index contributed by atoms with van der Waals surface area (Å²) < 4.78 is 12.8. The van der Waals surface area contributed by atoms with Crippen molar-refractivity contribution >= 4 is 11.6 Å². The quantitative estimate of drug-likeness (QED) is 0.877. The third kappa shape index (κ3) is 3.64. The van der Waals surface area contributed by atoms with Crippen LogP contribution in [0.15, 0.2) is 24.4 Å². The van der Waals surface area contributed by atoms with Crippen molar-refractivity contribution in [2.24, 2.45) is 0 Å². The zero-order valence-electron chi connectivity index (χ0n) is 12.7. The van der Waals surface area contributed by atoms with E-state index >= 15 is 0 Å². The molecule has 1 atom stereocenters. The first-order valence-corrected chi connectivity index (χ1v) is 7.62. The third-order valence-electron chi connectivity index (χ3n) is 3.77. The highest BCUT2D eigenvalue weighted by Crippen LogP contribution is 2.11. The van der Waals surface area contributed by atoms with Crippen LogP contribution in [-0.4, -0.2) is 41.2 Å². The van der Waals surface area contributed by atoms with E-state index in [4.69, 9.17) is 9.47 Å². The van der Waals surface area contributed by atoms with Crippen LogP contribution in [0.1, 0.15) is 24.2 Å². The molecular weight excluding hydrogens is 282 g/mol. The number of hydrogen-bond donors (Lipinski definition) is 1. The van der Waals surface area contributed by atoms with Gasteiger partial charge in [0.2, 0.25) is 5.91 Å². The molecule has 6 heteroatoms. The average Bonchev–Trinajstić information content (AvgIpc) is 3.15. The molecular formula is C16H21N3O3. The SMILES string of the molecule is Cc1cccc2nc(CNC(=O)COCC3CCCO3)cn12. The van der Waals surface area contributed by atoms with Gasteiger partial charge in [0.15, 0.2) is 0 Å². The van der Waals surface area contributed by atoms with Crippen molar-refractivity contribution in [3.8, 4) is 0 Å². The number of aryl methyl sites for hydroxylation is 1. The van der Waals surface area contributed by atoms with Crippen molar-refractivity contribution in [1.29, 1.82) is 0 Å². The molecule has 3 heterocycles. The minimum absolute atomic E-state index is 0.0618. The standard InChI is InChI=1S/C16H21N3O3/c1-12-4-2-6-15-18-13(9-19(12)15)8-17-16(20)11-21-10-14-5-3-7-22-14/h2,4,6,9,14H,3,5,7-8,10-11H2,1H3,(H,17,20). The molecule has 118 valence electrons. The maximum absolute atomic E-state index is 11.8. The first-order chi connectivity index (χ1) is 10.7. The van der Waals surface area contributed by atoms with Crippen molar-refractivity contribution in [3.63, 3.8) is 0 Å². The van der Waals surface area contributed by atoms with Gasteiger partial charge >= 0.3 is 0 Å². The minimum Gasteiger partial charge on any atom is -0.376 e. The van der Waals surface area contributed by atoms with Gasteiger partial charge in [0, 0.05) is 18.5 Å². The van der Waals surface area contributed by atoms with E-state index in [1.165, 1.54) is 0 Å². The number of imidazole rings is 1. The summed E-state index contributed by atoms with van der Waals surface area (Å²) in [6.07, 6.45) is 4.18. The van der Waals surface area contributed by atoms with Crippen LogP contribution < -0.4 is 5.32 Å². The van der Waals surface area contributed by atoms with Crippen molar-refractivity contribution in [1.82, 2.24) is 14.7 Å². The van der Waals surface area contributed by atoms with Crippen molar-refractivity contribution in [2.45, 2.75) is 32.4 Å². The molecule has 1 unspecified atom stereocenters. The predicted octanol–water partition coefficient (Wildman–Crippen LogP) is 1.45. The number of aromatic nitrogens is 2. The van der Waals surface area contributed by atoms with Gasteiger partial charge in [0.05, 0.1) is 24.9 Å². The molecule has 2 aromatic heterocycles. The van der Waals surface area contributed by atoms with Gasteiger partial charge in [0.1, 0.15) is 12.3 Å². The maximum atomic E-state index is 11.8. The van der Waals surface area contributed by atoms with Crippen LogP contribution in [0.4, 0.5) is 0 Å². The van der Waals surface area contributed by atoms with Gasteiger partial charge in [-0.2, -0.15) is 0 Å². The Morgan fingerprint density at radius 2 is 2.45 bits per heavy atom. The van der Waals surface area contributed by atoms with Crippen LogP contribution in [0.3, 0.4) is 0 Å². The van der Waals surface area contributed by atoms with Gasteiger partial charge in [-0.3, -0.25) is 4.79 Å². The smallest absolute Gasteiger partial charge is 0.246 e. The fraction of sp³-hybridized carbons (Fsp3) is 0.500. The van der Waals surface area contributed by atoms with Crippen LogP contribution in [0.25, 0.3) is 5.65 Å². The van der Waals surface area contributed by atoms with Gasteiger partial charge in [-0.25, -0.2) is 4.98 Å². The highest BCUT2D eigenvalue weighted by atomic mass is 16.5. The number of nitrogens with zero attached hydrogens (tertiary/aromatic N) is 2. The van der Waals surface area contributed by atoms with Crippen molar-refractivity contribution in [2.75, 3.05) is 19.8 Å². The third-order valence-corrected chi connectivity index (χ3v) is 3.77. The average molecular weight is 303 g/mol. The number of fused-ring (bicyclic) bond motifs is 1. The van der Waals surface area contributed by atoms with Crippen LogP contribution >= 0.6 is 0 Å². The lowest BCUT2D eigenvalue weighted by Gasteiger charge is -2.09. The van der Waals surface area contributed by atoms with E-state index in [1.54, 1.807) is 0 Å². The summed E-state index contributed by atoms with van der Waals surface area (Å²) in [6.45, 7) is 3.78. The monoisotopic (exact) mass is 303 g/mol. The Balaban J connectivity index is 1.44. The van der Waals surface area contributed by atoms with Crippen LogP contribution in [0, 0.1) is 6.92 Å². The molecule has 0 radical (unpaired) electrons. The number of carbonyl (C=O) groups is 1. The first kappa shape index (κ1) is 15.0. The number of carbonyl (C=O) groups excluding carboxylic acids is 1. The van der Waals surface area contributed by atoms with Gasteiger partial charge in [-0.1, -0.05) is 6.07 Å². The highest BCUT2D eigenvalue weighted by molar-refractivity contribution is 5.77. The lowest BCUT2D eigenvalue weighted by atomic mass is 10.2. The van der Waals surface area contributed by atoms with Crippen LogP contribution in [0.5, 0.6) is 0 Å². The van der Waals surface area contributed by atoms with Crippen molar-refractivity contribution in [3.05, 3.63) is 35.8 Å². The molecule has 6 nitrogen and oxygen atoms in total. The summed E-state index contributed by atoms with van der Waals surface area (Å²) in [5.74, 6) is -0.133. The summed E-state index contributed by atoms with van der Waals surface area (Å²) in [6, 6.07) is 5.94. The van der Waals surface area contributed by atoms with E-state index in [9.17, 15) is 4.79 Å². The van der Waals surface area contributed by atoms with E-state index in [2.05, 4.69) is 10.3 Å². The van der Waals surface area contributed by atoms with Gasteiger partial charge in [-0.05, 0) is 31.9 Å². The van der Waals surface area contributed by atoms with Gasteiger partial charge < -0.3 is 19.2 Å². The predicted molar refractivity (Wildman–Crippen MR) is 81.6 cm³/mol. The molecule has 2 aromatic rings. The van der Waals surface area contributed by atoms with Gasteiger partial charge in [-0.15, -0.1) is 0 Å². The Morgan fingerprint density at radius 3 is 3.23 bits per heavy atom. The molecule has 0 aromatic carbocycles. The van der Waals surface area contributed by atoms with Crippen LogP contribution in [-0.2, 0) is 20.8 Å². The number of rotatable bonds is 6. The molecule has 1 amide bonds. The number of amides is 1. The lowest BCUT2D eigenvalue weighted by molar-refractivity contribution is -0.127. The number of ether oxygens (including phenoxy) is 2. The summed E-state index contributed by atoms with van der Waals surface area (Å²) >= 11 is 0. The van der Waals surface area contributed by atoms with Crippen LogP contribution in [0.2, 0.25) is 0 Å². The zero-order valence-corrected chi connectivity index (χ0v) is 12.7. The largest absolute Gasteiger partial charge is 0.376 e. The Morgan fingerprint density at radius 1 is 1.55 bits per heavy atom. The maximum Gasteiger partial charge on any atom is 0.246 e. The van der Waals surface area contributed by atoms with E-state index in [0.717, 1.165) is 36.5 Å². The van der Waals surface area contributed by atoms with E-state index in [1.807, 2.05) is 35.7 Å². The number of pyridine rings is 1. The van der Waals surface area contributed by atoms with E-state index in [-0.39, 0.29) is 18.6 Å². The molecule has 1 saturated heterocycles. The normalized spacial score (nSPS) is 18.0. The molecule has 0 aliphatic carbocycles. The summed E-state index contributed by atoms with van der Waals surface area (Å²) in [5.41, 5.74) is 2.84. The van der Waals surface area contributed by atoms with E-state index < -0.39 is 0 Å². The second-order valence-corrected chi connectivity index (χ2v) is 5.55. The molecule has 22 heavy (non-hydrogen) atoms. The summed E-state index contributed by atoms with van der Waals surface area (Å²) in [7, 11) is 0. The summed E-state index contributed by atoms with van der Waals surface area (Å²) in [4.78, 5) is 16.2. The topological polar surface area (TPSA) is 64.9 Å². The Hall–Kier alpha value is -1.92. The van der Waals surface area contributed by atoms with Gasteiger partial charge in [0.25, 0.3) is 0 Å². The van der Waals surface area contributed by atoms with E-state index in [0.29, 0.717) is 13.2 Å². The highest BCUT2D eigenvalue weighted by Gasteiger charge is 2.16. The molecule has 1 fully saturated rings. The minimum atomic E-state index is -0.133. The van der Waals surface area contributed by atoms with Crippen molar-refractivity contribution < 1.29 is 14.3 Å². The Labute approximate surface area is 129 Å². The number of nitrogens with one attached hydrogen (secondary N) is 1. The molecule has 0 bridgehead atoms. The first-order valence-electron chi connectivity index (χ1n) is 7.62. The number of hydrogen-bond acceptors (Lipinski definition) is 4. The second-order valence-electron chi connectivity index (χ2n) is 5.55.